The number of pyridine rings is 1. The van der Waals surface area contributed by atoms with Crippen molar-refractivity contribution in [3.63, 3.8) is 0 Å². The first kappa shape index (κ1) is 21.5. The Balaban J connectivity index is 1.27. The third-order valence-corrected chi connectivity index (χ3v) is 7.12. The number of methoxy groups -OCH3 is 1. The molecule has 9 heteroatoms. The number of aromatic nitrogens is 4. The molecule has 1 saturated heterocycles. The Morgan fingerprint density at radius 1 is 1.09 bits per heavy atom. The molecule has 5 rings (SSSR count). The van der Waals surface area contributed by atoms with Gasteiger partial charge in [0.25, 0.3) is 0 Å². The minimum atomic E-state index is 0.145. The molecule has 0 radical (unpaired) electrons. The lowest BCUT2D eigenvalue weighted by atomic mass is 9.85. The number of carbonyl (C=O) groups is 1. The molecule has 2 N–H and O–H groups in total. The number of nitrogens with zero attached hydrogens (tertiary/aromatic N) is 6. The highest BCUT2D eigenvalue weighted by Crippen LogP contribution is 2.32. The number of likely N-dealkylation sites (tertiary alicyclic amines) is 1. The summed E-state index contributed by atoms with van der Waals surface area (Å²) in [5, 5.41) is 18.2. The van der Waals surface area contributed by atoms with E-state index in [4.69, 9.17) is 10.5 Å². The Labute approximate surface area is 192 Å². The number of hydrogen-bond acceptors (Lipinski definition) is 6. The molecule has 0 aromatic carbocycles. The Kier molecular flexibility index (Phi) is 5.77. The van der Waals surface area contributed by atoms with Gasteiger partial charge in [-0.15, -0.1) is 0 Å². The number of nitrogens with two attached hydrogens (primary N) is 1. The third kappa shape index (κ3) is 4.07. The highest BCUT2D eigenvalue weighted by molar-refractivity contribution is 5.79. The van der Waals surface area contributed by atoms with Gasteiger partial charge in [0, 0.05) is 48.6 Å². The fourth-order valence-corrected chi connectivity index (χ4v) is 5.14. The van der Waals surface area contributed by atoms with E-state index < -0.39 is 0 Å². The van der Waals surface area contributed by atoms with Crippen molar-refractivity contribution in [1.82, 2.24) is 24.3 Å². The van der Waals surface area contributed by atoms with E-state index in [0.717, 1.165) is 62.7 Å². The van der Waals surface area contributed by atoms with Gasteiger partial charge in [0.1, 0.15) is 22.9 Å². The summed E-state index contributed by atoms with van der Waals surface area (Å²) < 4.78 is 9.20. The standard InChI is InChI=1S/C24H29N7O2/c1-33-22-10-17(14-31-23(22)18(11-25)12-28-31)19-13-27-30(15-19)21-6-8-29(9-7-21)24(32)16-2-4-20(26)5-3-16/h10,12-16,20-21H,2-9,26H2,1H3/t16-,20+. The Morgan fingerprint density at radius 3 is 2.55 bits per heavy atom. The molecular formula is C24H29N7O2. The fourth-order valence-electron chi connectivity index (χ4n) is 5.14. The van der Waals surface area contributed by atoms with Crippen LogP contribution >= 0.6 is 0 Å². The minimum absolute atomic E-state index is 0.145. The summed E-state index contributed by atoms with van der Waals surface area (Å²) in [6.45, 7) is 1.54. The first-order chi connectivity index (χ1) is 16.1. The summed E-state index contributed by atoms with van der Waals surface area (Å²) in [5.41, 5.74) is 9.01. The van der Waals surface area contributed by atoms with Gasteiger partial charge in [-0.1, -0.05) is 0 Å². The molecule has 33 heavy (non-hydrogen) atoms. The van der Waals surface area contributed by atoms with Crippen molar-refractivity contribution in [2.75, 3.05) is 20.2 Å². The van der Waals surface area contributed by atoms with Crippen LogP contribution < -0.4 is 10.5 Å². The molecule has 1 aliphatic carbocycles. The molecule has 1 amide bonds. The van der Waals surface area contributed by atoms with Gasteiger partial charge in [0.15, 0.2) is 0 Å². The van der Waals surface area contributed by atoms with Crippen LogP contribution in [0.5, 0.6) is 5.75 Å². The highest BCUT2D eigenvalue weighted by Gasteiger charge is 2.31. The van der Waals surface area contributed by atoms with Gasteiger partial charge in [0.05, 0.1) is 25.5 Å². The van der Waals surface area contributed by atoms with E-state index in [1.54, 1.807) is 17.8 Å². The molecule has 2 fully saturated rings. The predicted molar refractivity (Wildman–Crippen MR) is 122 cm³/mol. The smallest absolute Gasteiger partial charge is 0.225 e. The molecule has 9 nitrogen and oxygen atoms in total. The van der Waals surface area contributed by atoms with E-state index in [0.29, 0.717) is 22.7 Å². The Morgan fingerprint density at radius 2 is 1.85 bits per heavy atom. The molecule has 1 aliphatic heterocycles. The van der Waals surface area contributed by atoms with Crippen LogP contribution in [0.25, 0.3) is 16.6 Å². The minimum Gasteiger partial charge on any atom is -0.494 e. The van der Waals surface area contributed by atoms with Crippen molar-refractivity contribution < 1.29 is 9.53 Å². The van der Waals surface area contributed by atoms with Crippen LogP contribution in [0.3, 0.4) is 0 Å². The van der Waals surface area contributed by atoms with Gasteiger partial charge in [0.2, 0.25) is 5.91 Å². The lowest BCUT2D eigenvalue weighted by Crippen LogP contribution is -2.43. The number of nitriles is 1. The maximum atomic E-state index is 12.9. The van der Waals surface area contributed by atoms with Crippen LogP contribution in [-0.2, 0) is 4.79 Å². The number of amides is 1. The quantitative estimate of drug-likeness (QED) is 0.658. The number of carbonyl (C=O) groups excluding carboxylic acids is 1. The van der Waals surface area contributed by atoms with E-state index in [1.807, 2.05) is 34.2 Å². The van der Waals surface area contributed by atoms with Crippen molar-refractivity contribution in [2.24, 2.45) is 11.7 Å². The first-order valence-corrected chi connectivity index (χ1v) is 11.6. The summed E-state index contributed by atoms with van der Waals surface area (Å²) >= 11 is 0. The van der Waals surface area contributed by atoms with Crippen LogP contribution in [0.2, 0.25) is 0 Å². The summed E-state index contributed by atoms with van der Waals surface area (Å²) in [7, 11) is 1.59. The number of ether oxygens (including phenoxy) is 1. The topological polar surface area (TPSA) is 114 Å². The van der Waals surface area contributed by atoms with Gasteiger partial charge in [-0.05, 0) is 44.6 Å². The molecule has 2 aliphatic rings. The normalized spacial score (nSPS) is 21.8. The van der Waals surface area contributed by atoms with Gasteiger partial charge in [-0.25, -0.2) is 4.52 Å². The van der Waals surface area contributed by atoms with E-state index >= 15 is 0 Å². The molecule has 0 unspecified atom stereocenters. The largest absolute Gasteiger partial charge is 0.494 e. The molecule has 4 heterocycles. The number of fused-ring (bicyclic) bond motifs is 1. The van der Waals surface area contributed by atoms with Gasteiger partial charge < -0.3 is 15.4 Å². The van der Waals surface area contributed by atoms with Crippen LogP contribution in [0.4, 0.5) is 0 Å². The van der Waals surface area contributed by atoms with Crippen molar-refractivity contribution in [3.8, 4) is 22.9 Å². The van der Waals surface area contributed by atoms with E-state index in [9.17, 15) is 10.1 Å². The monoisotopic (exact) mass is 447 g/mol. The highest BCUT2D eigenvalue weighted by atomic mass is 16.5. The maximum absolute atomic E-state index is 12.9. The number of hydrogen-bond donors (Lipinski definition) is 1. The summed E-state index contributed by atoms with van der Waals surface area (Å²) in [5.74, 6) is 1.05. The van der Waals surface area contributed by atoms with Crippen LogP contribution in [0, 0.1) is 17.2 Å². The van der Waals surface area contributed by atoms with E-state index in [2.05, 4.69) is 16.3 Å². The zero-order chi connectivity index (χ0) is 22.9. The first-order valence-electron chi connectivity index (χ1n) is 11.6. The molecular weight excluding hydrogens is 418 g/mol. The average molecular weight is 448 g/mol. The summed E-state index contributed by atoms with van der Waals surface area (Å²) in [6.07, 6.45) is 12.9. The second kappa shape index (κ2) is 8.87. The molecule has 0 bridgehead atoms. The maximum Gasteiger partial charge on any atom is 0.225 e. The summed E-state index contributed by atoms with van der Waals surface area (Å²) in [4.78, 5) is 14.9. The second-order valence-electron chi connectivity index (χ2n) is 9.14. The number of piperidine rings is 1. The SMILES string of the molecule is COc1cc(-c2cnn(C3CCN(C(=O)[C@H]4CC[C@@H](N)CC4)CC3)c2)cn2ncc(C#N)c12. The molecule has 172 valence electrons. The zero-order valence-corrected chi connectivity index (χ0v) is 18.9. The lowest BCUT2D eigenvalue weighted by molar-refractivity contribution is -0.138. The van der Waals surface area contributed by atoms with Crippen LogP contribution in [-0.4, -0.2) is 56.4 Å². The number of rotatable bonds is 4. The van der Waals surface area contributed by atoms with Crippen molar-refractivity contribution in [2.45, 2.75) is 50.6 Å². The fraction of sp³-hybridized carbons (Fsp3) is 0.500. The molecule has 0 spiro atoms. The van der Waals surface area contributed by atoms with Crippen molar-refractivity contribution in [1.29, 1.82) is 5.26 Å². The summed E-state index contributed by atoms with van der Waals surface area (Å²) in [6, 6.07) is 4.59. The van der Waals surface area contributed by atoms with Gasteiger partial charge in [-0.2, -0.15) is 15.5 Å². The van der Waals surface area contributed by atoms with E-state index in [1.165, 1.54) is 0 Å². The average Bonchev–Trinajstić information content (AvgIpc) is 3.51. The van der Waals surface area contributed by atoms with Gasteiger partial charge in [-0.3, -0.25) is 9.48 Å². The second-order valence-corrected chi connectivity index (χ2v) is 9.14. The van der Waals surface area contributed by atoms with Crippen molar-refractivity contribution in [3.05, 3.63) is 36.4 Å². The Hall–Kier alpha value is -3.38. The van der Waals surface area contributed by atoms with E-state index in [-0.39, 0.29) is 18.0 Å². The molecule has 3 aromatic heterocycles. The predicted octanol–water partition coefficient (Wildman–Crippen LogP) is 2.76. The Bertz CT molecular complexity index is 1190. The lowest BCUT2D eigenvalue weighted by Gasteiger charge is -2.36. The van der Waals surface area contributed by atoms with Crippen molar-refractivity contribution >= 4 is 11.4 Å². The molecule has 0 atom stereocenters. The zero-order valence-electron chi connectivity index (χ0n) is 18.9. The third-order valence-electron chi connectivity index (χ3n) is 7.12. The molecule has 3 aromatic rings. The molecule has 1 saturated carbocycles. The van der Waals surface area contributed by atoms with Crippen LogP contribution in [0.15, 0.2) is 30.9 Å². The van der Waals surface area contributed by atoms with Crippen LogP contribution in [0.1, 0.15) is 50.1 Å². The van der Waals surface area contributed by atoms with Gasteiger partial charge >= 0.3 is 0 Å².